The van der Waals surface area contributed by atoms with E-state index in [-0.39, 0.29) is 15.9 Å². The van der Waals surface area contributed by atoms with E-state index in [0.717, 1.165) is 27.8 Å². The van der Waals surface area contributed by atoms with Gasteiger partial charge in [-0.25, -0.2) is 0 Å². The third kappa shape index (κ3) is 4.41. The number of rotatable bonds is 7. The zero-order valence-electron chi connectivity index (χ0n) is 16.4. The second-order valence-electron chi connectivity index (χ2n) is 6.84. The molecule has 0 N–H and O–H groups in total. The highest BCUT2D eigenvalue weighted by Crippen LogP contribution is 2.36. The lowest BCUT2D eigenvalue weighted by molar-refractivity contribution is -0.384. The summed E-state index contributed by atoms with van der Waals surface area (Å²) < 4.78 is 2.06. The molecule has 4 aromatic rings. The van der Waals surface area contributed by atoms with Crippen LogP contribution in [0.25, 0.3) is 5.69 Å². The first kappa shape index (κ1) is 19.8. The molecule has 0 spiro atoms. The summed E-state index contributed by atoms with van der Waals surface area (Å²) in [6.45, 7) is 2.02. The highest BCUT2D eigenvalue weighted by Gasteiger charge is 2.19. The SMILES string of the molecule is CC(Sc1nnc(Cc2ccccc2)n1-c1ccccc1)c1cccc([N+](=O)[O-])c1. The molecule has 150 valence electrons. The van der Waals surface area contributed by atoms with Crippen LogP contribution in [0.15, 0.2) is 90.1 Å². The topological polar surface area (TPSA) is 73.8 Å². The van der Waals surface area contributed by atoms with Gasteiger partial charge in [-0.2, -0.15) is 0 Å². The van der Waals surface area contributed by atoms with Crippen molar-refractivity contribution in [2.75, 3.05) is 0 Å². The number of hydrogen-bond donors (Lipinski definition) is 0. The molecule has 0 radical (unpaired) electrons. The van der Waals surface area contributed by atoms with Crippen LogP contribution in [-0.2, 0) is 6.42 Å². The molecule has 0 saturated carbocycles. The highest BCUT2D eigenvalue weighted by molar-refractivity contribution is 7.99. The lowest BCUT2D eigenvalue weighted by Crippen LogP contribution is -2.04. The normalized spacial score (nSPS) is 11.9. The van der Waals surface area contributed by atoms with E-state index >= 15 is 0 Å². The Labute approximate surface area is 178 Å². The largest absolute Gasteiger partial charge is 0.274 e. The van der Waals surface area contributed by atoms with E-state index in [2.05, 4.69) is 26.9 Å². The highest BCUT2D eigenvalue weighted by atomic mass is 32.2. The summed E-state index contributed by atoms with van der Waals surface area (Å²) in [6.07, 6.45) is 0.661. The number of nitrogens with zero attached hydrogens (tertiary/aromatic N) is 4. The molecule has 4 rings (SSSR count). The third-order valence-electron chi connectivity index (χ3n) is 4.75. The lowest BCUT2D eigenvalue weighted by Gasteiger charge is -2.14. The Morgan fingerprint density at radius 2 is 1.67 bits per heavy atom. The molecule has 30 heavy (non-hydrogen) atoms. The van der Waals surface area contributed by atoms with Gasteiger partial charge in [0.15, 0.2) is 5.16 Å². The quantitative estimate of drug-likeness (QED) is 0.222. The molecule has 0 aliphatic rings. The Morgan fingerprint density at radius 1 is 0.967 bits per heavy atom. The van der Waals surface area contributed by atoms with E-state index in [1.54, 1.807) is 12.1 Å². The van der Waals surface area contributed by atoms with Crippen LogP contribution in [0, 0.1) is 10.1 Å². The number of thioether (sulfide) groups is 1. The van der Waals surface area contributed by atoms with E-state index in [9.17, 15) is 10.1 Å². The minimum Gasteiger partial charge on any atom is -0.274 e. The summed E-state index contributed by atoms with van der Waals surface area (Å²) >= 11 is 1.54. The Morgan fingerprint density at radius 3 is 2.37 bits per heavy atom. The molecule has 0 saturated heterocycles. The van der Waals surface area contributed by atoms with Crippen LogP contribution in [0.1, 0.15) is 29.1 Å². The second kappa shape index (κ2) is 8.92. The van der Waals surface area contributed by atoms with Gasteiger partial charge < -0.3 is 0 Å². The molecular weight excluding hydrogens is 396 g/mol. The molecule has 3 aromatic carbocycles. The lowest BCUT2D eigenvalue weighted by atomic mass is 10.1. The first-order chi connectivity index (χ1) is 14.6. The van der Waals surface area contributed by atoms with Crippen LogP contribution in [-0.4, -0.2) is 19.7 Å². The Hall–Kier alpha value is -3.45. The van der Waals surface area contributed by atoms with Crippen molar-refractivity contribution in [1.29, 1.82) is 0 Å². The molecular formula is C23H20N4O2S. The maximum Gasteiger partial charge on any atom is 0.269 e. The predicted octanol–water partition coefficient (Wildman–Crippen LogP) is 5.62. The number of non-ortho nitro benzene ring substituents is 1. The summed E-state index contributed by atoms with van der Waals surface area (Å²) in [7, 11) is 0. The van der Waals surface area contributed by atoms with Crippen LogP contribution < -0.4 is 0 Å². The first-order valence-electron chi connectivity index (χ1n) is 9.56. The van der Waals surface area contributed by atoms with Crippen molar-refractivity contribution in [3.8, 4) is 5.69 Å². The van der Waals surface area contributed by atoms with E-state index in [1.165, 1.54) is 17.8 Å². The van der Waals surface area contributed by atoms with Crippen LogP contribution in [0.5, 0.6) is 0 Å². The van der Waals surface area contributed by atoms with Gasteiger partial charge >= 0.3 is 0 Å². The summed E-state index contributed by atoms with van der Waals surface area (Å²) in [5.74, 6) is 0.848. The summed E-state index contributed by atoms with van der Waals surface area (Å²) in [5, 5.41) is 20.8. The van der Waals surface area contributed by atoms with Crippen molar-refractivity contribution in [1.82, 2.24) is 14.8 Å². The van der Waals surface area contributed by atoms with Gasteiger partial charge in [-0.15, -0.1) is 10.2 Å². The number of benzene rings is 3. The van der Waals surface area contributed by atoms with E-state index < -0.39 is 0 Å². The standard InChI is InChI=1S/C23H20N4O2S/c1-17(19-11-8-14-21(16-19)27(28)29)30-23-25-24-22(15-18-9-4-2-5-10-18)26(23)20-12-6-3-7-13-20/h2-14,16-17H,15H2,1H3. The Bertz CT molecular complexity index is 1150. The van der Waals surface area contributed by atoms with Crippen LogP contribution in [0.3, 0.4) is 0 Å². The zero-order chi connectivity index (χ0) is 20.9. The first-order valence-corrected chi connectivity index (χ1v) is 10.4. The minimum absolute atomic E-state index is 0.0267. The fourth-order valence-electron chi connectivity index (χ4n) is 3.22. The number of aromatic nitrogens is 3. The van der Waals surface area contributed by atoms with Crippen molar-refractivity contribution in [3.05, 3.63) is 112 Å². The number of para-hydroxylation sites is 1. The van der Waals surface area contributed by atoms with Crippen LogP contribution >= 0.6 is 11.8 Å². The van der Waals surface area contributed by atoms with E-state index in [0.29, 0.717) is 6.42 Å². The van der Waals surface area contributed by atoms with E-state index in [1.807, 2.05) is 61.5 Å². The van der Waals surface area contributed by atoms with Gasteiger partial charge in [-0.3, -0.25) is 14.7 Å². The van der Waals surface area contributed by atoms with Gasteiger partial charge in [0, 0.05) is 29.5 Å². The average Bonchev–Trinajstić information content (AvgIpc) is 3.17. The van der Waals surface area contributed by atoms with Gasteiger partial charge in [0.05, 0.1) is 4.92 Å². The van der Waals surface area contributed by atoms with Gasteiger partial charge in [0.1, 0.15) is 5.82 Å². The van der Waals surface area contributed by atoms with Gasteiger partial charge in [0.2, 0.25) is 0 Å². The zero-order valence-corrected chi connectivity index (χ0v) is 17.2. The second-order valence-corrected chi connectivity index (χ2v) is 8.15. The molecule has 0 aliphatic carbocycles. The van der Waals surface area contributed by atoms with Crippen molar-refractivity contribution < 1.29 is 4.92 Å². The van der Waals surface area contributed by atoms with Crippen molar-refractivity contribution >= 4 is 17.4 Å². The van der Waals surface area contributed by atoms with Crippen LogP contribution in [0.4, 0.5) is 5.69 Å². The minimum atomic E-state index is -0.370. The maximum absolute atomic E-state index is 11.1. The number of nitro benzene ring substituents is 1. The number of hydrogen-bond acceptors (Lipinski definition) is 5. The molecule has 0 aliphatic heterocycles. The molecule has 1 atom stereocenters. The maximum atomic E-state index is 11.1. The van der Waals surface area contributed by atoms with Crippen molar-refractivity contribution in [2.24, 2.45) is 0 Å². The molecule has 0 amide bonds. The fourth-order valence-corrected chi connectivity index (χ4v) is 4.23. The average molecular weight is 417 g/mol. The fraction of sp³-hybridized carbons (Fsp3) is 0.130. The predicted molar refractivity (Wildman–Crippen MR) is 118 cm³/mol. The number of nitro groups is 1. The summed E-state index contributed by atoms with van der Waals surface area (Å²) in [4.78, 5) is 10.8. The third-order valence-corrected chi connectivity index (χ3v) is 5.85. The Kier molecular flexibility index (Phi) is 5.90. The van der Waals surface area contributed by atoms with E-state index in [4.69, 9.17) is 0 Å². The molecule has 0 fully saturated rings. The van der Waals surface area contributed by atoms with Gasteiger partial charge in [-0.1, -0.05) is 72.4 Å². The molecule has 6 nitrogen and oxygen atoms in total. The smallest absolute Gasteiger partial charge is 0.269 e. The van der Waals surface area contributed by atoms with Crippen molar-refractivity contribution in [3.63, 3.8) is 0 Å². The molecule has 1 aromatic heterocycles. The molecule has 0 bridgehead atoms. The van der Waals surface area contributed by atoms with Crippen LogP contribution in [0.2, 0.25) is 0 Å². The van der Waals surface area contributed by atoms with Gasteiger partial charge in [0.25, 0.3) is 5.69 Å². The van der Waals surface area contributed by atoms with Gasteiger partial charge in [-0.05, 0) is 30.2 Å². The molecule has 1 heterocycles. The monoisotopic (exact) mass is 416 g/mol. The summed E-state index contributed by atoms with van der Waals surface area (Å²) in [6, 6.07) is 26.9. The summed E-state index contributed by atoms with van der Waals surface area (Å²) in [5.41, 5.74) is 3.11. The van der Waals surface area contributed by atoms with Crippen molar-refractivity contribution in [2.45, 2.75) is 23.8 Å². The molecule has 1 unspecified atom stereocenters. The molecule has 7 heteroatoms. The Balaban J connectivity index is 1.68.